The fourth-order valence-corrected chi connectivity index (χ4v) is 1.78. The van der Waals surface area contributed by atoms with Crippen molar-refractivity contribution in [3.05, 3.63) is 34.9 Å². The van der Waals surface area contributed by atoms with Gasteiger partial charge in [-0.3, -0.25) is 4.79 Å². The number of carbonyl (C=O) groups excluding carboxylic acids is 1. The highest BCUT2D eigenvalue weighted by atomic mass is 16.3. The van der Waals surface area contributed by atoms with Gasteiger partial charge in [-0.15, -0.1) is 0 Å². The third-order valence-corrected chi connectivity index (χ3v) is 2.84. The van der Waals surface area contributed by atoms with Gasteiger partial charge < -0.3 is 10.4 Å². The van der Waals surface area contributed by atoms with Gasteiger partial charge in [-0.05, 0) is 45.2 Å². The third kappa shape index (κ3) is 5.32. The van der Waals surface area contributed by atoms with Crippen LogP contribution in [0.3, 0.4) is 0 Å². The molecule has 0 aromatic heterocycles. The van der Waals surface area contributed by atoms with Crippen LogP contribution in [-0.4, -0.2) is 23.2 Å². The van der Waals surface area contributed by atoms with Crippen molar-refractivity contribution in [3.8, 4) is 0 Å². The molecule has 0 unspecified atom stereocenters. The maximum Gasteiger partial charge on any atom is 0.220 e. The minimum Gasteiger partial charge on any atom is -0.389 e. The molecule has 0 saturated heterocycles. The lowest BCUT2D eigenvalue weighted by Crippen LogP contribution is -2.38. The van der Waals surface area contributed by atoms with E-state index in [1.54, 1.807) is 13.8 Å². The molecule has 1 rings (SSSR count). The fraction of sp³-hybridized carbons (Fsp3) is 0.533. The third-order valence-electron chi connectivity index (χ3n) is 2.84. The largest absolute Gasteiger partial charge is 0.389 e. The number of benzene rings is 1. The highest BCUT2D eigenvalue weighted by Crippen LogP contribution is 2.12. The van der Waals surface area contributed by atoms with Gasteiger partial charge in [-0.25, -0.2) is 0 Å². The van der Waals surface area contributed by atoms with E-state index >= 15 is 0 Å². The van der Waals surface area contributed by atoms with Crippen molar-refractivity contribution < 1.29 is 9.90 Å². The van der Waals surface area contributed by atoms with Crippen LogP contribution in [0.15, 0.2) is 18.2 Å². The summed E-state index contributed by atoms with van der Waals surface area (Å²) in [5, 5.41) is 12.2. The number of aryl methyl sites for hydroxylation is 3. The number of carbonyl (C=O) groups is 1. The molecule has 1 aromatic carbocycles. The van der Waals surface area contributed by atoms with Gasteiger partial charge in [0.05, 0.1) is 5.60 Å². The smallest absolute Gasteiger partial charge is 0.220 e. The zero-order chi connectivity index (χ0) is 13.8. The number of rotatable bonds is 5. The van der Waals surface area contributed by atoms with Crippen LogP contribution < -0.4 is 5.32 Å². The Hall–Kier alpha value is -1.35. The first kappa shape index (κ1) is 14.7. The second kappa shape index (κ2) is 6.01. The summed E-state index contributed by atoms with van der Waals surface area (Å²) in [5.41, 5.74) is 2.82. The van der Waals surface area contributed by atoms with Gasteiger partial charge >= 0.3 is 0 Å². The Morgan fingerprint density at radius 3 is 2.56 bits per heavy atom. The van der Waals surface area contributed by atoms with Gasteiger partial charge in [0.2, 0.25) is 5.91 Å². The van der Waals surface area contributed by atoms with Crippen LogP contribution in [0.4, 0.5) is 0 Å². The maximum absolute atomic E-state index is 11.6. The fourth-order valence-electron chi connectivity index (χ4n) is 1.78. The summed E-state index contributed by atoms with van der Waals surface area (Å²) in [6, 6.07) is 6.27. The second-order valence-corrected chi connectivity index (χ2v) is 5.52. The Morgan fingerprint density at radius 1 is 1.33 bits per heavy atom. The number of amides is 1. The summed E-state index contributed by atoms with van der Waals surface area (Å²) in [6.45, 7) is 7.78. The van der Waals surface area contributed by atoms with Crippen LogP contribution in [0.1, 0.15) is 37.0 Å². The van der Waals surface area contributed by atoms with E-state index in [0.29, 0.717) is 13.0 Å². The van der Waals surface area contributed by atoms with E-state index in [2.05, 4.69) is 37.4 Å². The summed E-state index contributed by atoms with van der Waals surface area (Å²) < 4.78 is 0. The van der Waals surface area contributed by atoms with Crippen molar-refractivity contribution in [1.82, 2.24) is 5.32 Å². The summed E-state index contributed by atoms with van der Waals surface area (Å²) in [7, 11) is 0. The molecular weight excluding hydrogens is 226 g/mol. The van der Waals surface area contributed by atoms with E-state index < -0.39 is 5.60 Å². The Labute approximate surface area is 109 Å². The molecule has 0 aliphatic heterocycles. The normalized spacial score (nSPS) is 11.4. The number of aliphatic hydroxyl groups is 1. The van der Waals surface area contributed by atoms with E-state index in [1.165, 1.54) is 16.7 Å². The Balaban J connectivity index is 2.43. The number of hydrogen-bond acceptors (Lipinski definition) is 2. The van der Waals surface area contributed by atoms with Gasteiger partial charge in [0.15, 0.2) is 0 Å². The molecule has 0 spiro atoms. The average Bonchev–Trinajstić information content (AvgIpc) is 2.24. The first-order valence-corrected chi connectivity index (χ1v) is 6.33. The second-order valence-electron chi connectivity index (χ2n) is 5.52. The monoisotopic (exact) mass is 249 g/mol. The zero-order valence-electron chi connectivity index (χ0n) is 11.7. The van der Waals surface area contributed by atoms with Crippen molar-refractivity contribution in [1.29, 1.82) is 0 Å². The minimum absolute atomic E-state index is 0.0166. The topological polar surface area (TPSA) is 49.3 Å². The molecule has 0 heterocycles. The van der Waals surface area contributed by atoms with Crippen LogP contribution in [0.25, 0.3) is 0 Å². The quantitative estimate of drug-likeness (QED) is 0.840. The Bertz CT molecular complexity index is 419. The molecule has 0 bridgehead atoms. The van der Waals surface area contributed by atoms with E-state index in [0.717, 1.165) is 6.42 Å². The molecule has 1 amide bonds. The molecule has 0 aliphatic rings. The van der Waals surface area contributed by atoms with E-state index in [-0.39, 0.29) is 5.91 Å². The van der Waals surface area contributed by atoms with Crippen LogP contribution in [0.5, 0.6) is 0 Å². The van der Waals surface area contributed by atoms with E-state index in [1.807, 2.05) is 0 Å². The first-order valence-electron chi connectivity index (χ1n) is 6.33. The van der Waals surface area contributed by atoms with Crippen LogP contribution in [0.2, 0.25) is 0 Å². The summed E-state index contributed by atoms with van der Waals surface area (Å²) in [5.74, 6) is -0.0166. The number of hydrogen-bond donors (Lipinski definition) is 2. The summed E-state index contributed by atoms with van der Waals surface area (Å²) in [4.78, 5) is 11.6. The van der Waals surface area contributed by atoms with Crippen LogP contribution in [-0.2, 0) is 11.2 Å². The molecule has 0 radical (unpaired) electrons. The zero-order valence-corrected chi connectivity index (χ0v) is 11.7. The lowest BCUT2D eigenvalue weighted by atomic mass is 10.0. The van der Waals surface area contributed by atoms with E-state index in [4.69, 9.17) is 0 Å². The van der Waals surface area contributed by atoms with Crippen LogP contribution in [0, 0.1) is 13.8 Å². The van der Waals surface area contributed by atoms with Crippen molar-refractivity contribution in [2.45, 2.75) is 46.1 Å². The highest BCUT2D eigenvalue weighted by molar-refractivity contribution is 5.76. The highest BCUT2D eigenvalue weighted by Gasteiger charge is 2.13. The lowest BCUT2D eigenvalue weighted by molar-refractivity contribution is -0.122. The molecule has 2 N–H and O–H groups in total. The molecule has 0 atom stereocenters. The molecule has 100 valence electrons. The SMILES string of the molecule is Cc1ccc(CCC(=O)NCC(C)(C)O)c(C)c1. The minimum atomic E-state index is -0.852. The molecular formula is C15H23NO2. The van der Waals surface area contributed by atoms with Gasteiger partial charge in [-0.1, -0.05) is 23.8 Å². The predicted octanol–water partition coefficient (Wildman–Crippen LogP) is 2.12. The lowest BCUT2D eigenvalue weighted by Gasteiger charge is -2.17. The number of nitrogens with one attached hydrogen (secondary N) is 1. The molecule has 0 aliphatic carbocycles. The molecule has 18 heavy (non-hydrogen) atoms. The summed E-state index contributed by atoms with van der Waals surface area (Å²) >= 11 is 0. The van der Waals surface area contributed by atoms with Gasteiger partial charge in [0, 0.05) is 13.0 Å². The molecule has 1 aromatic rings. The van der Waals surface area contributed by atoms with Crippen molar-refractivity contribution >= 4 is 5.91 Å². The molecule has 0 saturated carbocycles. The van der Waals surface area contributed by atoms with Crippen molar-refractivity contribution in [2.75, 3.05) is 6.54 Å². The summed E-state index contributed by atoms with van der Waals surface area (Å²) in [6.07, 6.45) is 1.20. The molecule has 3 nitrogen and oxygen atoms in total. The van der Waals surface area contributed by atoms with Gasteiger partial charge in [0.1, 0.15) is 0 Å². The maximum atomic E-state index is 11.6. The molecule has 3 heteroatoms. The predicted molar refractivity (Wildman–Crippen MR) is 73.5 cm³/mol. The average molecular weight is 249 g/mol. The molecule has 0 fully saturated rings. The Kier molecular flexibility index (Phi) is 4.91. The Morgan fingerprint density at radius 2 is 2.00 bits per heavy atom. The van der Waals surface area contributed by atoms with Crippen LogP contribution >= 0.6 is 0 Å². The van der Waals surface area contributed by atoms with Crippen molar-refractivity contribution in [3.63, 3.8) is 0 Å². The van der Waals surface area contributed by atoms with E-state index in [9.17, 15) is 9.90 Å². The van der Waals surface area contributed by atoms with Gasteiger partial charge in [-0.2, -0.15) is 0 Å². The van der Waals surface area contributed by atoms with Gasteiger partial charge in [0.25, 0.3) is 0 Å². The first-order chi connectivity index (χ1) is 8.28. The standard InChI is InChI=1S/C15H23NO2/c1-11-5-6-13(12(2)9-11)7-8-14(17)16-10-15(3,4)18/h5-6,9,18H,7-8,10H2,1-4H3,(H,16,17). The van der Waals surface area contributed by atoms with Crippen molar-refractivity contribution in [2.24, 2.45) is 0 Å².